The minimum atomic E-state index is -4.65. The molecule has 0 aliphatic rings. The van der Waals surface area contributed by atoms with Crippen molar-refractivity contribution in [3.63, 3.8) is 0 Å². The second-order valence-electron chi connectivity index (χ2n) is 5.10. The summed E-state index contributed by atoms with van der Waals surface area (Å²) in [5.74, 6) is 0. The third-order valence-electron chi connectivity index (χ3n) is 3.44. The number of aromatic amines is 1. The lowest BCUT2D eigenvalue weighted by Crippen LogP contribution is -2.24. The molecule has 9 heteroatoms. The van der Waals surface area contributed by atoms with Gasteiger partial charge in [0.25, 0.3) is 0 Å². The lowest BCUT2D eigenvalue weighted by molar-refractivity contribution is -0.137. The third kappa shape index (κ3) is 3.26. The van der Waals surface area contributed by atoms with E-state index in [2.05, 4.69) is 14.7 Å². The maximum Gasteiger partial charge on any atom is 0.416 e. The Kier molecular flexibility index (Phi) is 4.06. The monoisotopic (exact) mass is 355 g/mol. The molecule has 0 saturated heterocycles. The van der Waals surface area contributed by atoms with Crippen LogP contribution in [0.15, 0.2) is 53.8 Å². The van der Waals surface area contributed by atoms with Crippen molar-refractivity contribution in [2.45, 2.75) is 17.6 Å². The molecule has 0 aliphatic carbocycles. The number of alkyl halides is 3. The van der Waals surface area contributed by atoms with E-state index in [9.17, 15) is 21.6 Å². The van der Waals surface area contributed by atoms with Crippen molar-refractivity contribution in [3.05, 3.63) is 60.0 Å². The summed E-state index contributed by atoms with van der Waals surface area (Å²) in [7, 11) is -4.14. The van der Waals surface area contributed by atoms with Crippen molar-refractivity contribution in [1.29, 1.82) is 0 Å². The molecule has 0 atom stereocenters. The number of benzene rings is 1. The lowest BCUT2D eigenvalue weighted by atomic mass is 10.1. The first-order valence-electron chi connectivity index (χ1n) is 6.84. The lowest BCUT2D eigenvalue weighted by Gasteiger charge is -2.12. The smallest absolute Gasteiger partial charge is 0.361 e. The molecule has 2 heterocycles. The Morgan fingerprint density at radius 1 is 1.21 bits per heavy atom. The van der Waals surface area contributed by atoms with Gasteiger partial charge in [0.2, 0.25) is 10.0 Å². The Bertz CT molecular complexity index is 967. The number of nitrogens with zero attached hydrogens (tertiary/aromatic N) is 1. The predicted octanol–water partition coefficient (Wildman–Crippen LogP) is 3.06. The number of aromatic nitrogens is 2. The number of sulfonamides is 1. The summed E-state index contributed by atoms with van der Waals surface area (Å²) in [4.78, 5) is 6.05. The van der Waals surface area contributed by atoms with Gasteiger partial charge in [0.05, 0.1) is 10.5 Å². The van der Waals surface area contributed by atoms with Gasteiger partial charge in [0.1, 0.15) is 0 Å². The molecular weight excluding hydrogens is 343 g/mol. The zero-order valence-electron chi connectivity index (χ0n) is 12.1. The molecule has 2 N–H and O–H groups in total. The van der Waals surface area contributed by atoms with Crippen LogP contribution in [-0.4, -0.2) is 18.4 Å². The van der Waals surface area contributed by atoms with E-state index in [0.29, 0.717) is 11.6 Å². The molecule has 0 unspecified atom stereocenters. The van der Waals surface area contributed by atoms with Crippen LogP contribution in [0.3, 0.4) is 0 Å². The van der Waals surface area contributed by atoms with Crippen molar-refractivity contribution in [2.75, 3.05) is 0 Å². The number of pyridine rings is 1. The molecule has 0 fully saturated rings. The quantitative estimate of drug-likeness (QED) is 0.755. The van der Waals surface area contributed by atoms with Crippen molar-refractivity contribution < 1.29 is 21.6 Å². The Morgan fingerprint density at radius 3 is 2.67 bits per heavy atom. The van der Waals surface area contributed by atoms with Crippen molar-refractivity contribution in [1.82, 2.24) is 14.7 Å². The minimum absolute atomic E-state index is 0.0711. The Balaban J connectivity index is 2.02. The zero-order chi connectivity index (χ0) is 17.4. The van der Waals surface area contributed by atoms with Crippen LogP contribution in [0.25, 0.3) is 10.9 Å². The number of hydrogen-bond acceptors (Lipinski definition) is 3. The first-order valence-corrected chi connectivity index (χ1v) is 8.32. The van der Waals surface area contributed by atoms with Gasteiger partial charge in [-0.1, -0.05) is 6.07 Å². The second-order valence-corrected chi connectivity index (χ2v) is 6.83. The van der Waals surface area contributed by atoms with Crippen LogP contribution in [0.4, 0.5) is 13.2 Å². The maximum absolute atomic E-state index is 13.0. The van der Waals surface area contributed by atoms with Crippen LogP contribution in [0, 0.1) is 0 Å². The van der Waals surface area contributed by atoms with Gasteiger partial charge in [-0.2, -0.15) is 13.2 Å². The number of nitrogens with one attached hydrogen (secondary N) is 2. The van der Waals surface area contributed by atoms with Gasteiger partial charge in [-0.15, -0.1) is 0 Å². The third-order valence-corrected chi connectivity index (χ3v) is 4.88. The van der Waals surface area contributed by atoms with E-state index in [1.165, 1.54) is 24.7 Å². The standard InChI is InChI=1S/C15H12F3N3O2S/c16-15(17,18)11-6-13-12(3-5-20-13)14(7-11)24(22,23)21-9-10-2-1-4-19-8-10/h1-8,20-21H,9H2. The first-order chi connectivity index (χ1) is 11.3. The molecule has 5 nitrogen and oxygen atoms in total. The highest BCUT2D eigenvalue weighted by Crippen LogP contribution is 2.34. The molecular formula is C15H12F3N3O2S. The second kappa shape index (κ2) is 5.91. The van der Waals surface area contributed by atoms with Crippen LogP contribution < -0.4 is 4.72 Å². The Morgan fingerprint density at radius 2 is 2.00 bits per heavy atom. The van der Waals surface area contributed by atoms with Crippen LogP contribution in [0.5, 0.6) is 0 Å². The summed E-state index contributed by atoms with van der Waals surface area (Å²) in [6.45, 7) is -0.0711. The van der Waals surface area contributed by atoms with E-state index >= 15 is 0 Å². The normalized spacial score (nSPS) is 12.6. The van der Waals surface area contributed by atoms with Crippen LogP contribution in [0.2, 0.25) is 0 Å². The topological polar surface area (TPSA) is 74.8 Å². The fourth-order valence-electron chi connectivity index (χ4n) is 2.28. The van der Waals surface area contributed by atoms with Crippen LogP contribution in [-0.2, 0) is 22.7 Å². The van der Waals surface area contributed by atoms with Crippen LogP contribution in [0.1, 0.15) is 11.1 Å². The van der Waals surface area contributed by atoms with E-state index in [-0.39, 0.29) is 17.4 Å². The van der Waals surface area contributed by atoms with E-state index in [1.54, 1.807) is 12.1 Å². The van der Waals surface area contributed by atoms with Gasteiger partial charge in [0.15, 0.2) is 0 Å². The van der Waals surface area contributed by atoms with E-state index in [0.717, 1.165) is 6.07 Å². The summed E-state index contributed by atoms with van der Waals surface area (Å²) >= 11 is 0. The van der Waals surface area contributed by atoms with Gasteiger partial charge in [-0.3, -0.25) is 4.98 Å². The summed E-state index contributed by atoms with van der Waals surface area (Å²) in [6, 6.07) is 6.25. The Hall–Kier alpha value is -2.39. The van der Waals surface area contributed by atoms with Gasteiger partial charge in [-0.25, -0.2) is 13.1 Å². The molecule has 0 aliphatic heterocycles. The van der Waals surface area contributed by atoms with Crippen molar-refractivity contribution in [2.24, 2.45) is 0 Å². The summed E-state index contributed by atoms with van der Waals surface area (Å²) in [5.41, 5.74) is -0.329. The molecule has 0 amide bonds. The number of rotatable bonds is 4. The first kappa shape index (κ1) is 16.5. The summed E-state index contributed by atoms with van der Waals surface area (Å²) in [5, 5.41) is 0.196. The maximum atomic E-state index is 13.0. The minimum Gasteiger partial charge on any atom is -0.361 e. The molecule has 126 valence electrons. The van der Waals surface area contributed by atoms with Crippen LogP contribution >= 0.6 is 0 Å². The molecule has 0 saturated carbocycles. The molecule has 2 aromatic heterocycles. The largest absolute Gasteiger partial charge is 0.416 e. The fraction of sp³-hybridized carbons (Fsp3) is 0.133. The Labute approximate surface area is 135 Å². The molecule has 0 spiro atoms. The average Bonchev–Trinajstić information content (AvgIpc) is 3.00. The SMILES string of the molecule is O=S(=O)(NCc1cccnc1)c1cc(C(F)(F)F)cc2[nH]ccc12. The van der Waals surface area contributed by atoms with Crippen molar-refractivity contribution in [3.8, 4) is 0 Å². The van der Waals surface area contributed by atoms with Gasteiger partial charge in [-0.05, 0) is 29.8 Å². The predicted molar refractivity (Wildman–Crippen MR) is 81.6 cm³/mol. The number of halogens is 3. The van der Waals surface area contributed by atoms with E-state index in [1.807, 2.05) is 0 Å². The molecule has 1 aromatic carbocycles. The molecule has 0 radical (unpaired) electrons. The zero-order valence-corrected chi connectivity index (χ0v) is 12.9. The summed E-state index contributed by atoms with van der Waals surface area (Å²) < 4.78 is 66.3. The van der Waals surface area contributed by atoms with Gasteiger partial charge in [0, 0.05) is 36.0 Å². The highest BCUT2D eigenvalue weighted by Gasteiger charge is 2.33. The number of H-pyrrole nitrogens is 1. The molecule has 3 aromatic rings. The van der Waals surface area contributed by atoms with Gasteiger partial charge < -0.3 is 4.98 Å². The highest BCUT2D eigenvalue weighted by atomic mass is 32.2. The van der Waals surface area contributed by atoms with E-state index in [4.69, 9.17) is 0 Å². The fourth-order valence-corrected chi connectivity index (χ4v) is 3.54. The average molecular weight is 355 g/mol. The number of hydrogen-bond donors (Lipinski definition) is 2. The van der Waals surface area contributed by atoms with Gasteiger partial charge >= 0.3 is 6.18 Å². The highest BCUT2D eigenvalue weighted by molar-refractivity contribution is 7.89. The molecule has 24 heavy (non-hydrogen) atoms. The van der Waals surface area contributed by atoms with Crippen molar-refractivity contribution >= 4 is 20.9 Å². The van der Waals surface area contributed by atoms with E-state index < -0.39 is 26.7 Å². The molecule has 3 rings (SSSR count). The summed E-state index contributed by atoms with van der Waals surface area (Å²) in [6.07, 6.45) is -0.243. The molecule has 0 bridgehead atoms. The number of fused-ring (bicyclic) bond motifs is 1.